The van der Waals surface area contributed by atoms with Gasteiger partial charge in [0.25, 0.3) is 0 Å². The van der Waals surface area contributed by atoms with Crippen molar-refractivity contribution in [1.29, 1.82) is 0 Å². The quantitative estimate of drug-likeness (QED) is 0.859. The van der Waals surface area contributed by atoms with E-state index >= 15 is 0 Å². The molecule has 0 bridgehead atoms. The van der Waals surface area contributed by atoms with Crippen molar-refractivity contribution in [2.45, 2.75) is 0 Å². The number of hydrogen-bond acceptors (Lipinski definition) is 3. The fourth-order valence-corrected chi connectivity index (χ4v) is 2.51. The Morgan fingerprint density at radius 3 is 2.52 bits per heavy atom. The summed E-state index contributed by atoms with van der Waals surface area (Å²) in [6.45, 7) is 0.0273. The number of rotatable bonds is 5. The van der Waals surface area contributed by atoms with Crippen LogP contribution in [0.4, 0.5) is 0 Å². The van der Waals surface area contributed by atoms with Crippen LogP contribution in [0.3, 0.4) is 0 Å². The Bertz CT molecular complexity index is 831. The second-order valence-corrected chi connectivity index (χ2v) is 6.23. The number of sulfonamides is 1. The highest BCUT2D eigenvalue weighted by Crippen LogP contribution is 2.15. The van der Waals surface area contributed by atoms with E-state index < -0.39 is 10.0 Å². The van der Waals surface area contributed by atoms with Gasteiger partial charge in [-0.25, -0.2) is 8.42 Å². The highest BCUT2D eigenvalue weighted by atomic mass is 32.2. The molecule has 0 saturated carbocycles. The highest BCUT2D eigenvalue weighted by Gasteiger charge is 2.02. The van der Waals surface area contributed by atoms with Gasteiger partial charge in [-0.05, 0) is 23.8 Å². The van der Waals surface area contributed by atoms with Crippen molar-refractivity contribution in [3.05, 3.63) is 71.1 Å². The van der Waals surface area contributed by atoms with Crippen LogP contribution in [-0.2, 0) is 10.0 Å². The van der Waals surface area contributed by atoms with Gasteiger partial charge in [0.1, 0.15) is 5.75 Å². The number of nitrogens with one attached hydrogen (secondary N) is 1. The summed E-state index contributed by atoms with van der Waals surface area (Å²) in [5, 5.41) is 1.13. The molecule has 2 aromatic rings. The molecule has 0 saturated heterocycles. The molecule has 0 unspecified atom stereocenters. The predicted molar refractivity (Wildman–Crippen MR) is 92.3 cm³/mol. The SMILES string of the molecule is COc1ccccc1C#CCNS(=O)(=O)/C=C/c1ccccc1. The third-order valence-corrected chi connectivity index (χ3v) is 3.97. The van der Waals surface area contributed by atoms with Crippen LogP contribution >= 0.6 is 0 Å². The fourth-order valence-electron chi connectivity index (χ4n) is 1.80. The van der Waals surface area contributed by atoms with E-state index in [1.165, 1.54) is 6.08 Å². The topological polar surface area (TPSA) is 55.4 Å². The molecule has 2 aromatic carbocycles. The lowest BCUT2D eigenvalue weighted by Gasteiger charge is -2.01. The van der Waals surface area contributed by atoms with E-state index in [0.29, 0.717) is 11.3 Å². The third-order valence-electron chi connectivity index (χ3n) is 2.93. The molecule has 0 radical (unpaired) electrons. The third kappa shape index (κ3) is 5.62. The van der Waals surface area contributed by atoms with Crippen molar-refractivity contribution in [1.82, 2.24) is 4.72 Å². The molecule has 0 aliphatic rings. The monoisotopic (exact) mass is 327 g/mol. The van der Waals surface area contributed by atoms with Gasteiger partial charge >= 0.3 is 0 Å². The Balaban J connectivity index is 1.96. The lowest BCUT2D eigenvalue weighted by atomic mass is 10.2. The molecule has 0 fully saturated rings. The van der Waals surface area contributed by atoms with Gasteiger partial charge in [-0.1, -0.05) is 54.3 Å². The summed E-state index contributed by atoms with van der Waals surface area (Å²) in [5.74, 6) is 6.32. The van der Waals surface area contributed by atoms with Crippen LogP contribution < -0.4 is 9.46 Å². The van der Waals surface area contributed by atoms with E-state index in [1.807, 2.05) is 48.5 Å². The van der Waals surface area contributed by atoms with Gasteiger partial charge in [-0.2, -0.15) is 4.72 Å². The minimum absolute atomic E-state index is 0.0273. The molecular formula is C18H17NO3S. The number of methoxy groups -OCH3 is 1. The number of para-hydroxylation sites is 1. The molecule has 0 heterocycles. The van der Waals surface area contributed by atoms with Crippen LogP contribution in [-0.4, -0.2) is 22.1 Å². The van der Waals surface area contributed by atoms with Gasteiger partial charge in [0.15, 0.2) is 0 Å². The molecule has 1 N–H and O–H groups in total. The molecule has 0 aromatic heterocycles. The number of benzene rings is 2. The Morgan fingerprint density at radius 1 is 1.09 bits per heavy atom. The second kappa shape index (κ2) is 8.18. The van der Waals surface area contributed by atoms with Crippen LogP contribution in [0.1, 0.15) is 11.1 Å². The lowest BCUT2D eigenvalue weighted by Crippen LogP contribution is -2.21. The van der Waals surface area contributed by atoms with E-state index in [9.17, 15) is 8.42 Å². The van der Waals surface area contributed by atoms with Crippen LogP contribution in [0.15, 0.2) is 60.0 Å². The fraction of sp³-hybridized carbons (Fsp3) is 0.111. The average molecular weight is 327 g/mol. The summed E-state index contributed by atoms with van der Waals surface area (Å²) in [5.41, 5.74) is 1.53. The van der Waals surface area contributed by atoms with Gasteiger partial charge in [0.05, 0.1) is 19.2 Å². The van der Waals surface area contributed by atoms with Crippen LogP contribution in [0.25, 0.3) is 6.08 Å². The maximum absolute atomic E-state index is 11.8. The second-order valence-electron chi connectivity index (χ2n) is 4.58. The zero-order valence-electron chi connectivity index (χ0n) is 12.7. The van der Waals surface area contributed by atoms with E-state index in [2.05, 4.69) is 16.6 Å². The molecule has 23 heavy (non-hydrogen) atoms. The lowest BCUT2D eigenvalue weighted by molar-refractivity contribution is 0.413. The summed E-state index contributed by atoms with van der Waals surface area (Å²) in [6.07, 6.45) is 1.54. The molecule has 118 valence electrons. The summed E-state index contributed by atoms with van der Waals surface area (Å²) in [6, 6.07) is 16.5. The molecule has 5 heteroatoms. The van der Waals surface area contributed by atoms with Crippen molar-refractivity contribution in [2.24, 2.45) is 0 Å². The van der Waals surface area contributed by atoms with Gasteiger partial charge in [0.2, 0.25) is 10.0 Å². The summed E-state index contributed by atoms with van der Waals surface area (Å²) in [7, 11) is -1.95. The van der Waals surface area contributed by atoms with Gasteiger partial charge in [-0.15, -0.1) is 0 Å². The Morgan fingerprint density at radius 2 is 1.78 bits per heavy atom. The first-order valence-electron chi connectivity index (χ1n) is 6.95. The molecule has 0 aliphatic carbocycles. The van der Waals surface area contributed by atoms with Crippen LogP contribution in [0, 0.1) is 11.8 Å². The predicted octanol–water partition coefficient (Wildman–Crippen LogP) is 2.64. The minimum Gasteiger partial charge on any atom is -0.495 e. The van der Waals surface area contributed by atoms with Crippen molar-refractivity contribution in [3.63, 3.8) is 0 Å². The van der Waals surface area contributed by atoms with Gasteiger partial charge < -0.3 is 4.74 Å². The normalized spacial score (nSPS) is 11.0. The van der Waals surface area contributed by atoms with E-state index in [4.69, 9.17) is 4.74 Å². The van der Waals surface area contributed by atoms with Gasteiger partial charge in [-0.3, -0.25) is 0 Å². The molecule has 2 rings (SSSR count). The Labute approximate surface area is 136 Å². The van der Waals surface area contributed by atoms with E-state index in [0.717, 1.165) is 11.0 Å². The zero-order valence-corrected chi connectivity index (χ0v) is 13.5. The molecule has 0 amide bonds. The molecule has 0 aliphatic heterocycles. The van der Waals surface area contributed by atoms with Crippen molar-refractivity contribution < 1.29 is 13.2 Å². The van der Waals surface area contributed by atoms with Crippen LogP contribution in [0.2, 0.25) is 0 Å². The standard InChI is InChI=1S/C18H17NO3S/c1-22-18-12-6-5-10-17(18)11-7-14-19-23(20,21)15-13-16-8-3-2-4-9-16/h2-6,8-10,12-13,15,19H,14H2,1H3/b15-13+. The molecule has 0 spiro atoms. The van der Waals surface area contributed by atoms with Gasteiger partial charge in [0, 0.05) is 5.41 Å². The summed E-state index contributed by atoms with van der Waals surface area (Å²) in [4.78, 5) is 0. The Kier molecular flexibility index (Phi) is 5.98. The first-order chi connectivity index (χ1) is 11.1. The highest BCUT2D eigenvalue weighted by molar-refractivity contribution is 7.92. The zero-order chi connectivity index (χ0) is 16.5. The smallest absolute Gasteiger partial charge is 0.234 e. The molecule has 0 atom stereocenters. The van der Waals surface area contributed by atoms with Crippen molar-refractivity contribution in [3.8, 4) is 17.6 Å². The summed E-state index contributed by atoms with van der Waals surface area (Å²) >= 11 is 0. The number of ether oxygens (including phenoxy) is 1. The first-order valence-corrected chi connectivity index (χ1v) is 8.50. The van der Waals surface area contributed by atoms with E-state index in [1.54, 1.807) is 13.2 Å². The first kappa shape index (κ1) is 16.8. The summed E-state index contributed by atoms with van der Waals surface area (Å²) < 4.78 is 31.3. The largest absolute Gasteiger partial charge is 0.495 e. The van der Waals surface area contributed by atoms with Crippen molar-refractivity contribution in [2.75, 3.05) is 13.7 Å². The van der Waals surface area contributed by atoms with Crippen molar-refractivity contribution >= 4 is 16.1 Å². The molecule has 4 nitrogen and oxygen atoms in total. The number of hydrogen-bond donors (Lipinski definition) is 1. The minimum atomic E-state index is -3.51. The van der Waals surface area contributed by atoms with Crippen LogP contribution in [0.5, 0.6) is 5.75 Å². The molecular weight excluding hydrogens is 310 g/mol. The average Bonchev–Trinajstić information content (AvgIpc) is 2.58. The van der Waals surface area contributed by atoms with E-state index in [-0.39, 0.29) is 6.54 Å². The Hall–Kier alpha value is -2.55. The maximum Gasteiger partial charge on any atom is 0.234 e. The maximum atomic E-state index is 11.8.